The summed E-state index contributed by atoms with van der Waals surface area (Å²) >= 11 is 11.6. The molecular weight excluding hydrogens is 2040 g/mol. The molecule has 7 heterocycles. The molecule has 764 valence electrons. The Labute approximate surface area is 903 Å². The van der Waals surface area contributed by atoms with Crippen LogP contribution in [0, 0.1) is 40.5 Å². The van der Waals surface area contributed by atoms with Crippen molar-refractivity contribution in [1.29, 1.82) is 0 Å². The second kappa shape index (κ2) is 47.9. The largest absolute Gasteiger partial charge is 1.00 e. The first kappa shape index (κ1) is 111. The number of fused-ring (bicyclic) bond motifs is 14. The van der Waals surface area contributed by atoms with Crippen molar-refractivity contribution < 1.29 is 41.7 Å². The van der Waals surface area contributed by atoms with Gasteiger partial charge in [-0.25, -0.2) is 19.1 Å². The SMILES string of the molecule is CC(=O)N1c2ccc(N(C)C)cc2Sc2cc(N(C)C)ccc21.CC(=O)N1c2ccc([N+](=O)[O-])cc2Sc2cc([N+](=O)[O-])ccc21.CN(C)c1ccc2c(c1)Sc1cc(N(C)C)ccc1C2.CN(C)c1ccc2c(c1)Sc1cc(N(C)C)ccc1C2.CN(C)c1ccc2nc3ccc(=[N+](C)C)cc-3sc2c1.CN(C)c1ccc2nc3ccc(=[N+](C)C)cc-3sc2c1.Cl.O=[N+]([O-])c1ccc2c(c1)Sc1cc([N+](=O)[O-])ccc1C2.[Cl-]. The molecule has 21 rings (SSSR count). The van der Waals surface area contributed by atoms with Crippen LogP contribution in [0.3, 0.4) is 0 Å². The van der Waals surface area contributed by atoms with Gasteiger partial charge in [0.2, 0.25) is 22.5 Å². The summed E-state index contributed by atoms with van der Waals surface area (Å²) in [6, 6.07) is 83.0. The van der Waals surface area contributed by atoms with Gasteiger partial charge in [0.15, 0.2) is 0 Å². The quantitative estimate of drug-likeness (QED) is 0.0476. The second-order valence-corrected chi connectivity index (χ2v) is 44.7. The average Bonchev–Trinajstić information content (AvgIpc) is 0.771. The fraction of sp³-hybridized carbons (Fsp3) is 0.225. The van der Waals surface area contributed by atoms with Crippen LogP contribution in [-0.4, -0.2) is 182 Å². The zero-order valence-electron chi connectivity index (χ0n) is 86.1. The third-order valence-corrected chi connectivity index (χ3v) is 32.6. The van der Waals surface area contributed by atoms with Crippen molar-refractivity contribution in [2.45, 2.75) is 82.1 Å². The van der Waals surface area contributed by atoms with E-state index in [1.807, 2.05) is 63.8 Å². The van der Waals surface area contributed by atoms with Crippen LogP contribution in [0.4, 0.5) is 91.0 Å². The zero-order valence-corrected chi connectivity index (χ0v) is 93.4. The molecule has 2 aliphatic carbocycles. The maximum Gasteiger partial charge on any atom is 0.270 e. The van der Waals surface area contributed by atoms with Gasteiger partial charge in [-0.15, -0.1) is 35.1 Å². The molecule has 37 heteroatoms. The van der Waals surface area contributed by atoms with Crippen LogP contribution in [0.5, 0.6) is 0 Å². The normalized spacial score (nSPS) is 11.9. The van der Waals surface area contributed by atoms with Gasteiger partial charge in [-0.1, -0.05) is 95.2 Å². The summed E-state index contributed by atoms with van der Waals surface area (Å²) < 4.78 is 6.68. The molecule has 0 radical (unpaired) electrons. The molecule has 7 aliphatic heterocycles. The molecule has 0 aromatic heterocycles. The fourth-order valence-corrected chi connectivity index (χ4v) is 24.1. The predicted octanol–water partition coefficient (Wildman–Crippen LogP) is 21.4. The molecule has 12 aromatic carbocycles. The number of nitrogens with zero attached hydrogens (tertiary/aromatic N) is 18. The number of nitro benzene ring substituents is 4. The van der Waals surface area contributed by atoms with E-state index in [2.05, 4.69) is 331 Å². The van der Waals surface area contributed by atoms with Crippen LogP contribution >= 0.6 is 93.9 Å². The van der Waals surface area contributed by atoms with E-state index in [1.54, 1.807) is 58.4 Å². The summed E-state index contributed by atoms with van der Waals surface area (Å²) in [5, 5.41) is 45.8. The number of benzene rings is 14. The Morgan fingerprint density at radius 2 is 0.486 bits per heavy atom. The Morgan fingerprint density at radius 3 is 0.743 bits per heavy atom. The van der Waals surface area contributed by atoms with Crippen molar-refractivity contribution in [2.75, 3.05) is 190 Å². The van der Waals surface area contributed by atoms with E-state index in [-0.39, 0.29) is 59.4 Å². The number of non-ortho nitro benzene ring substituents is 4. The smallest absolute Gasteiger partial charge is 0.270 e. The first-order valence-electron chi connectivity index (χ1n) is 46.5. The first-order chi connectivity index (χ1) is 69.5. The highest BCUT2D eigenvalue weighted by Gasteiger charge is 2.32. The average molecular weight is 2160 g/mol. The van der Waals surface area contributed by atoms with Crippen LogP contribution in [0.15, 0.2) is 304 Å². The molecule has 0 saturated carbocycles. The number of aromatic nitrogens is 2. The number of amides is 2. The maximum absolute atomic E-state index is 12.3. The number of hydrogen-bond acceptors (Lipinski definition) is 27. The van der Waals surface area contributed by atoms with Crippen molar-refractivity contribution >= 4 is 217 Å². The summed E-state index contributed by atoms with van der Waals surface area (Å²) in [6.07, 6.45) is 2.71. The van der Waals surface area contributed by atoms with E-state index in [9.17, 15) is 50.0 Å². The summed E-state index contributed by atoms with van der Waals surface area (Å²) in [5.41, 5.74) is 24.6. The lowest BCUT2D eigenvalue weighted by Gasteiger charge is -2.32. The number of rotatable bonds is 12. The van der Waals surface area contributed by atoms with Gasteiger partial charge in [0.1, 0.15) is 28.2 Å². The molecule has 0 N–H and O–H groups in total. The van der Waals surface area contributed by atoms with Gasteiger partial charge >= 0.3 is 0 Å². The lowest BCUT2D eigenvalue weighted by molar-refractivity contribution is -0.385. The second-order valence-electron chi connectivity index (χ2n) is 37.1. The lowest BCUT2D eigenvalue weighted by Crippen LogP contribution is -3.00. The van der Waals surface area contributed by atoms with Crippen LogP contribution in [0.2, 0.25) is 0 Å². The highest BCUT2D eigenvalue weighted by molar-refractivity contribution is 8.00. The highest BCUT2D eigenvalue weighted by atomic mass is 35.5. The van der Waals surface area contributed by atoms with Gasteiger partial charge in [0, 0.05) is 294 Å². The van der Waals surface area contributed by atoms with E-state index in [0.717, 1.165) is 100 Å². The monoisotopic (exact) mass is 2150 g/mol. The molecule has 0 fully saturated rings. The van der Waals surface area contributed by atoms with E-state index in [4.69, 9.17) is 9.97 Å². The van der Waals surface area contributed by atoms with E-state index in [1.165, 1.54) is 190 Å². The first-order valence-corrected chi connectivity index (χ1v) is 52.2. The Morgan fingerprint density at radius 1 is 0.277 bits per heavy atom. The fourth-order valence-electron chi connectivity index (χ4n) is 16.4. The van der Waals surface area contributed by atoms with Crippen LogP contribution < -0.4 is 81.3 Å². The van der Waals surface area contributed by atoms with E-state index >= 15 is 0 Å². The molecular formula is C111H115Cl2N18O10S7+. The number of carbonyl (C=O) groups is 2. The standard InChI is InChI=1S/C18H21N3OS.2C17H20N2S.2C16H18N3S.C14H9N3O5S.C13H8N2O4S.2ClH/c1-12(22)21-15-8-6-13(19(2)3)10-17(15)23-18-11-14(20(4)5)7-9-16(18)21;2*1-18(2)14-7-5-12-9-13-6-8-15(19(3)4)11-17(13)20-16(12)10-14;2*1-18(2)11-5-7-13-15(9-11)20-16-10-12(19(3)4)6-8-14(16)17-13;1-8(18)15-11-4-2-9(16(19)20)6-13(11)23-14-7-10(17(21)22)3-5-12(14)15;16-14(17)10-3-1-8-5-9-2-4-11(15(18)19)7-13(9)20-12(8)6-10;;/h6-11H,1-5H3;2*5-8,10-11H,9H2,1-4H3;2*5-10H,1-4H3;2-7H,1H3;1-4,6-7H,5H2;2*1H/q;;;2*+1;;;;/p-1. The van der Waals surface area contributed by atoms with E-state index < -0.39 is 19.7 Å². The van der Waals surface area contributed by atoms with E-state index in [0.29, 0.717) is 27.6 Å². The summed E-state index contributed by atoms with van der Waals surface area (Å²) in [5.74, 6) is -0.251. The van der Waals surface area contributed by atoms with Crippen molar-refractivity contribution in [2.24, 2.45) is 0 Å². The molecule has 0 saturated heterocycles. The minimum absolute atomic E-state index is 0. The predicted molar refractivity (Wildman–Crippen MR) is 614 cm³/mol. The van der Waals surface area contributed by atoms with Gasteiger partial charge in [0.25, 0.3) is 22.7 Å². The van der Waals surface area contributed by atoms with Crippen molar-refractivity contribution in [3.05, 3.63) is 339 Å². The highest BCUT2D eigenvalue weighted by Crippen LogP contribution is 2.54. The van der Waals surface area contributed by atoms with Crippen LogP contribution in [-0.2, 0) is 28.9 Å². The molecule has 28 nitrogen and oxygen atoms in total. The third-order valence-electron chi connectivity index (χ3n) is 24.6. The third kappa shape index (κ3) is 25.9. The Hall–Kier alpha value is -14.0. The molecule has 0 atom stereocenters. The number of nitro groups is 4. The molecule has 12 aromatic rings. The number of carbonyl (C=O) groups excluding carboxylic acids is 2. The van der Waals surface area contributed by atoms with Crippen molar-refractivity contribution in [1.82, 2.24) is 19.1 Å². The van der Waals surface area contributed by atoms with Crippen molar-refractivity contribution in [3.8, 4) is 21.1 Å². The Balaban J connectivity index is 0.000000144. The molecule has 2 amide bonds. The summed E-state index contributed by atoms with van der Waals surface area (Å²) in [6.45, 7) is 2.98. The van der Waals surface area contributed by atoms with Gasteiger partial charge in [-0.05, 0) is 198 Å². The Bertz CT molecular complexity index is 7340. The summed E-state index contributed by atoms with van der Waals surface area (Å²) in [4.78, 5) is 108. The number of halogens is 2. The Kier molecular flexibility index (Phi) is 36.0. The minimum atomic E-state index is -0.526. The van der Waals surface area contributed by atoms with Gasteiger partial charge in [0.05, 0.1) is 84.0 Å². The maximum atomic E-state index is 12.3. The van der Waals surface area contributed by atoms with Gasteiger partial charge < -0.3 is 51.6 Å². The summed E-state index contributed by atoms with van der Waals surface area (Å²) in [7, 11) is 41.3. The molecule has 148 heavy (non-hydrogen) atoms. The zero-order chi connectivity index (χ0) is 105. The van der Waals surface area contributed by atoms with Crippen molar-refractivity contribution in [3.63, 3.8) is 0 Å². The minimum Gasteiger partial charge on any atom is -1.00 e. The topological polar surface area (TPSA) is 271 Å². The molecule has 0 unspecified atom stereocenters. The van der Waals surface area contributed by atoms with Crippen LogP contribution in [0.1, 0.15) is 47.2 Å². The molecule has 0 spiro atoms. The molecule has 9 aliphatic rings. The lowest BCUT2D eigenvalue weighted by atomic mass is 10.0. The van der Waals surface area contributed by atoms with Crippen LogP contribution in [0.25, 0.3) is 41.6 Å². The molecule has 0 bridgehead atoms. The number of anilines is 12. The van der Waals surface area contributed by atoms with Gasteiger partial charge in [-0.2, -0.15) is 0 Å². The van der Waals surface area contributed by atoms with Gasteiger partial charge in [-0.3, -0.25) is 59.8 Å². The number of hydrogen-bond donors (Lipinski definition) is 0.